The number of rotatable bonds is 2. The second-order valence-electron chi connectivity index (χ2n) is 4.08. The molecule has 2 aromatic rings. The minimum Gasteiger partial charge on any atom is -0.392 e. The van der Waals surface area contributed by atoms with Crippen LogP contribution < -0.4 is 11.3 Å². The fourth-order valence-corrected chi connectivity index (χ4v) is 1.72. The number of benzene rings is 1. The topological polar surface area (TPSA) is 60.9 Å². The molecule has 0 saturated carbocycles. The fourth-order valence-electron chi connectivity index (χ4n) is 1.59. The van der Waals surface area contributed by atoms with E-state index in [9.17, 15) is 18.0 Å². The summed E-state index contributed by atoms with van der Waals surface area (Å²) in [7, 11) is 0. The maximum absolute atomic E-state index is 12.4. The van der Waals surface area contributed by atoms with E-state index in [2.05, 4.69) is 4.98 Å². The molecule has 0 fully saturated rings. The van der Waals surface area contributed by atoms with Crippen LogP contribution in [0.4, 0.5) is 18.9 Å². The van der Waals surface area contributed by atoms with Crippen molar-refractivity contribution in [3.8, 4) is 0 Å². The lowest BCUT2D eigenvalue weighted by molar-refractivity contribution is -0.137. The van der Waals surface area contributed by atoms with E-state index in [1.165, 1.54) is 23.0 Å². The SMILES string of the molecule is Nc1c(Cl)ncn(Cc2ccc(C(F)(F)F)cc2)c1=O. The highest BCUT2D eigenvalue weighted by Crippen LogP contribution is 2.29. The van der Waals surface area contributed by atoms with E-state index in [4.69, 9.17) is 17.3 Å². The standard InChI is InChI=1S/C12H9ClF3N3O/c13-10-9(17)11(20)19(6-18-10)5-7-1-3-8(4-2-7)12(14,15)16/h1-4,6H,5,17H2. The molecule has 1 aromatic carbocycles. The van der Waals surface area contributed by atoms with E-state index in [-0.39, 0.29) is 17.4 Å². The van der Waals surface area contributed by atoms with Crippen molar-refractivity contribution in [3.63, 3.8) is 0 Å². The van der Waals surface area contributed by atoms with Gasteiger partial charge in [-0.05, 0) is 17.7 Å². The van der Waals surface area contributed by atoms with Gasteiger partial charge in [-0.2, -0.15) is 13.2 Å². The van der Waals surface area contributed by atoms with E-state index in [0.29, 0.717) is 5.56 Å². The minimum absolute atomic E-state index is 0.0609. The van der Waals surface area contributed by atoms with Crippen LogP contribution in [-0.4, -0.2) is 9.55 Å². The van der Waals surface area contributed by atoms with Crippen molar-refractivity contribution in [2.45, 2.75) is 12.7 Å². The van der Waals surface area contributed by atoms with Gasteiger partial charge in [0, 0.05) is 0 Å². The number of alkyl halides is 3. The first-order valence-electron chi connectivity index (χ1n) is 5.45. The molecule has 0 atom stereocenters. The van der Waals surface area contributed by atoms with Crippen molar-refractivity contribution >= 4 is 17.3 Å². The van der Waals surface area contributed by atoms with Gasteiger partial charge in [-0.25, -0.2) is 4.98 Å². The Morgan fingerprint density at radius 1 is 1.25 bits per heavy atom. The minimum atomic E-state index is -4.39. The van der Waals surface area contributed by atoms with Gasteiger partial charge in [-0.3, -0.25) is 9.36 Å². The van der Waals surface area contributed by atoms with Crippen molar-refractivity contribution < 1.29 is 13.2 Å². The zero-order valence-electron chi connectivity index (χ0n) is 9.99. The number of hydrogen-bond donors (Lipinski definition) is 1. The van der Waals surface area contributed by atoms with Crippen LogP contribution in [0, 0.1) is 0 Å². The Labute approximate surface area is 116 Å². The van der Waals surface area contributed by atoms with Crippen molar-refractivity contribution in [2.24, 2.45) is 0 Å². The molecule has 0 unspecified atom stereocenters. The lowest BCUT2D eigenvalue weighted by Gasteiger charge is -2.09. The van der Waals surface area contributed by atoms with Gasteiger partial charge in [0.15, 0.2) is 5.15 Å². The van der Waals surface area contributed by atoms with Crippen LogP contribution in [0.15, 0.2) is 35.4 Å². The summed E-state index contributed by atoms with van der Waals surface area (Å²) in [6.07, 6.45) is -3.19. The molecule has 0 aliphatic carbocycles. The Kier molecular flexibility index (Phi) is 3.71. The molecular weight excluding hydrogens is 295 g/mol. The van der Waals surface area contributed by atoms with Crippen molar-refractivity contribution in [3.05, 3.63) is 57.2 Å². The molecule has 0 aliphatic rings. The number of nitrogens with two attached hydrogens (primary N) is 1. The van der Waals surface area contributed by atoms with Gasteiger partial charge in [0.05, 0.1) is 18.4 Å². The lowest BCUT2D eigenvalue weighted by Crippen LogP contribution is -2.24. The molecule has 2 N–H and O–H groups in total. The third-order valence-corrected chi connectivity index (χ3v) is 2.96. The van der Waals surface area contributed by atoms with Crippen molar-refractivity contribution in [1.82, 2.24) is 9.55 Å². The van der Waals surface area contributed by atoms with Crippen LogP contribution in [0.1, 0.15) is 11.1 Å². The summed E-state index contributed by atoms with van der Waals surface area (Å²) in [4.78, 5) is 15.5. The molecule has 4 nitrogen and oxygen atoms in total. The Hall–Kier alpha value is -2.02. The van der Waals surface area contributed by atoms with Gasteiger partial charge in [0.1, 0.15) is 5.69 Å². The average Bonchev–Trinajstić information content (AvgIpc) is 2.39. The maximum atomic E-state index is 12.4. The summed E-state index contributed by atoms with van der Waals surface area (Å²) in [5.41, 5.74) is 4.48. The Bertz CT molecular complexity index is 680. The largest absolute Gasteiger partial charge is 0.416 e. The number of halogens is 4. The summed E-state index contributed by atoms with van der Waals surface area (Å²) in [6.45, 7) is 0.0609. The third kappa shape index (κ3) is 2.93. The van der Waals surface area contributed by atoms with Crippen LogP contribution in [0.3, 0.4) is 0 Å². The molecular formula is C12H9ClF3N3O. The summed E-state index contributed by atoms with van der Waals surface area (Å²) in [5.74, 6) is 0. The van der Waals surface area contributed by atoms with E-state index in [0.717, 1.165) is 12.1 Å². The molecule has 0 saturated heterocycles. The second kappa shape index (κ2) is 5.16. The molecule has 8 heteroatoms. The van der Waals surface area contributed by atoms with E-state index < -0.39 is 17.3 Å². The van der Waals surface area contributed by atoms with E-state index >= 15 is 0 Å². The molecule has 2 rings (SSSR count). The molecule has 20 heavy (non-hydrogen) atoms. The number of nitrogen functional groups attached to an aromatic ring is 1. The quantitative estimate of drug-likeness (QED) is 0.867. The number of hydrogen-bond acceptors (Lipinski definition) is 3. The predicted molar refractivity (Wildman–Crippen MR) is 68.5 cm³/mol. The van der Waals surface area contributed by atoms with Crippen LogP contribution in [-0.2, 0) is 12.7 Å². The van der Waals surface area contributed by atoms with Crippen LogP contribution >= 0.6 is 11.6 Å². The van der Waals surface area contributed by atoms with Crippen LogP contribution in [0.2, 0.25) is 5.15 Å². The van der Waals surface area contributed by atoms with E-state index in [1.807, 2.05) is 0 Å². The Morgan fingerprint density at radius 2 is 1.85 bits per heavy atom. The predicted octanol–water partition coefficient (Wildman–Crippen LogP) is 2.55. The zero-order valence-corrected chi connectivity index (χ0v) is 10.7. The summed E-state index contributed by atoms with van der Waals surface area (Å²) < 4.78 is 38.4. The third-order valence-electron chi connectivity index (χ3n) is 2.66. The van der Waals surface area contributed by atoms with Gasteiger partial charge in [0.2, 0.25) is 0 Å². The molecule has 1 heterocycles. The molecule has 1 aromatic heterocycles. The first-order valence-corrected chi connectivity index (χ1v) is 5.83. The van der Waals surface area contributed by atoms with Gasteiger partial charge in [-0.1, -0.05) is 23.7 Å². The molecule has 0 radical (unpaired) electrons. The summed E-state index contributed by atoms with van der Waals surface area (Å²) >= 11 is 5.59. The Balaban J connectivity index is 2.28. The first-order chi connectivity index (χ1) is 9.29. The molecule has 0 bridgehead atoms. The highest BCUT2D eigenvalue weighted by atomic mass is 35.5. The number of aromatic nitrogens is 2. The maximum Gasteiger partial charge on any atom is 0.416 e. The van der Waals surface area contributed by atoms with Gasteiger partial charge in [0.25, 0.3) is 5.56 Å². The average molecular weight is 304 g/mol. The molecule has 0 spiro atoms. The monoisotopic (exact) mass is 303 g/mol. The Morgan fingerprint density at radius 3 is 2.40 bits per heavy atom. The van der Waals surface area contributed by atoms with Crippen LogP contribution in [0.5, 0.6) is 0 Å². The summed E-state index contributed by atoms with van der Waals surface area (Å²) in [6, 6.07) is 4.49. The highest BCUT2D eigenvalue weighted by Gasteiger charge is 2.29. The highest BCUT2D eigenvalue weighted by molar-refractivity contribution is 6.31. The number of nitrogens with zero attached hydrogens (tertiary/aromatic N) is 2. The molecule has 0 aliphatic heterocycles. The van der Waals surface area contributed by atoms with Gasteiger partial charge in [-0.15, -0.1) is 0 Å². The fraction of sp³-hybridized carbons (Fsp3) is 0.167. The smallest absolute Gasteiger partial charge is 0.392 e. The van der Waals surface area contributed by atoms with Crippen LogP contribution in [0.25, 0.3) is 0 Å². The molecule has 0 amide bonds. The van der Waals surface area contributed by atoms with Gasteiger partial charge >= 0.3 is 6.18 Å². The van der Waals surface area contributed by atoms with Gasteiger partial charge < -0.3 is 5.73 Å². The second-order valence-corrected chi connectivity index (χ2v) is 4.43. The zero-order chi connectivity index (χ0) is 14.9. The first kappa shape index (κ1) is 14.4. The molecule has 106 valence electrons. The lowest BCUT2D eigenvalue weighted by atomic mass is 10.1. The summed E-state index contributed by atoms with van der Waals surface area (Å²) in [5, 5.41) is -0.0985. The van der Waals surface area contributed by atoms with E-state index in [1.54, 1.807) is 0 Å². The van der Waals surface area contributed by atoms with Crippen molar-refractivity contribution in [1.29, 1.82) is 0 Å². The normalized spacial score (nSPS) is 11.6. The number of anilines is 1. The van der Waals surface area contributed by atoms with Crippen molar-refractivity contribution in [2.75, 3.05) is 5.73 Å².